The predicted octanol–water partition coefficient (Wildman–Crippen LogP) is 3.29. The summed E-state index contributed by atoms with van der Waals surface area (Å²) in [6.45, 7) is 6.84. The van der Waals surface area contributed by atoms with E-state index in [1.807, 2.05) is 19.1 Å². The summed E-state index contributed by atoms with van der Waals surface area (Å²) in [7, 11) is 1.65. The van der Waals surface area contributed by atoms with Crippen LogP contribution >= 0.6 is 0 Å². The number of nitrogens with one attached hydrogen (secondary N) is 1. The maximum Gasteiger partial charge on any atom is 0.218 e. The quantitative estimate of drug-likeness (QED) is 0.873. The molecule has 0 radical (unpaired) electrons. The van der Waals surface area contributed by atoms with Crippen LogP contribution in [0.2, 0.25) is 0 Å². The number of pyridine rings is 1. The zero-order valence-corrected chi connectivity index (χ0v) is 15.1. The lowest BCUT2D eigenvalue weighted by atomic mass is 9.79. The Labute approximate surface area is 148 Å². The number of methoxy groups -OCH3 is 1. The van der Waals surface area contributed by atoms with E-state index in [0.29, 0.717) is 19.0 Å². The average Bonchev–Trinajstić information content (AvgIpc) is 3.07. The van der Waals surface area contributed by atoms with Gasteiger partial charge in [0.2, 0.25) is 5.88 Å². The minimum Gasteiger partial charge on any atom is -0.481 e. The van der Waals surface area contributed by atoms with Gasteiger partial charge in [0.1, 0.15) is 5.82 Å². The van der Waals surface area contributed by atoms with E-state index in [1.54, 1.807) is 7.11 Å². The molecule has 1 aliphatic heterocycles. The van der Waals surface area contributed by atoms with Crippen LogP contribution in [0.1, 0.15) is 28.8 Å². The number of rotatable bonds is 6. The molecule has 1 saturated heterocycles. The molecule has 0 amide bonds. The van der Waals surface area contributed by atoms with Gasteiger partial charge in [-0.05, 0) is 49.6 Å². The SMILES string of the molecule is COc1nc(C)cc(C)c1CNCC1(c2ccc(F)cc2)CCOC1. The minimum atomic E-state index is -0.211. The largest absolute Gasteiger partial charge is 0.481 e. The fourth-order valence-electron chi connectivity index (χ4n) is 3.52. The Morgan fingerprint density at radius 2 is 2.04 bits per heavy atom. The number of aromatic nitrogens is 1. The molecule has 2 aromatic rings. The molecule has 1 unspecified atom stereocenters. The third-order valence-electron chi connectivity index (χ3n) is 4.96. The van der Waals surface area contributed by atoms with Crippen LogP contribution in [-0.2, 0) is 16.7 Å². The highest BCUT2D eigenvalue weighted by atomic mass is 19.1. The molecule has 0 saturated carbocycles. The first-order chi connectivity index (χ1) is 12.0. The van der Waals surface area contributed by atoms with Crippen molar-refractivity contribution in [1.29, 1.82) is 0 Å². The molecule has 5 heteroatoms. The first-order valence-corrected chi connectivity index (χ1v) is 8.60. The number of benzene rings is 1. The van der Waals surface area contributed by atoms with Crippen LogP contribution in [0.4, 0.5) is 4.39 Å². The van der Waals surface area contributed by atoms with E-state index in [0.717, 1.165) is 42.0 Å². The molecule has 1 N–H and O–H groups in total. The fourth-order valence-corrected chi connectivity index (χ4v) is 3.52. The normalized spacial score (nSPS) is 20.0. The van der Waals surface area contributed by atoms with Crippen molar-refractivity contribution < 1.29 is 13.9 Å². The van der Waals surface area contributed by atoms with Crippen molar-refractivity contribution in [3.63, 3.8) is 0 Å². The van der Waals surface area contributed by atoms with Crippen molar-refractivity contribution in [3.8, 4) is 5.88 Å². The highest BCUT2D eigenvalue weighted by Crippen LogP contribution is 2.33. The Morgan fingerprint density at radius 3 is 2.68 bits per heavy atom. The van der Waals surface area contributed by atoms with E-state index in [-0.39, 0.29) is 11.2 Å². The number of nitrogens with zero attached hydrogens (tertiary/aromatic N) is 1. The van der Waals surface area contributed by atoms with Gasteiger partial charge < -0.3 is 14.8 Å². The molecule has 0 spiro atoms. The Hall–Kier alpha value is -1.98. The van der Waals surface area contributed by atoms with E-state index in [4.69, 9.17) is 9.47 Å². The molecule has 4 nitrogen and oxygen atoms in total. The third kappa shape index (κ3) is 3.83. The van der Waals surface area contributed by atoms with Crippen molar-refractivity contribution in [1.82, 2.24) is 10.3 Å². The second-order valence-corrected chi connectivity index (χ2v) is 6.76. The van der Waals surface area contributed by atoms with E-state index in [1.165, 1.54) is 12.1 Å². The summed E-state index contributed by atoms with van der Waals surface area (Å²) in [4.78, 5) is 4.46. The number of ether oxygens (including phenoxy) is 2. The van der Waals surface area contributed by atoms with Crippen molar-refractivity contribution >= 4 is 0 Å². The van der Waals surface area contributed by atoms with Crippen molar-refractivity contribution in [3.05, 3.63) is 58.5 Å². The molecule has 134 valence electrons. The summed E-state index contributed by atoms with van der Waals surface area (Å²) in [6.07, 6.45) is 0.925. The average molecular weight is 344 g/mol. The lowest BCUT2D eigenvalue weighted by molar-refractivity contribution is 0.176. The standard InChI is InChI=1S/C20H25FN2O2/c1-14-10-15(2)23-19(24-3)18(14)11-22-12-20(8-9-25-13-20)16-4-6-17(21)7-5-16/h4-7,10,22H,8-9,11-13H2,1-3H3. The van der Waals surface area contributed by atoms with Crippen molar-refractivity contribution in [2.24, 2.45) is 0 Å². The highest BCUT2D eigenvalue weighted by molar-refractivity contribution is 5.36. The number of halogens is 1. The Kier molecular flexibility index (Phi) is 5.35. The van der Waals surface area contributed by atoms with Crippen LogP contribution in [-0.4, -0.2) is 31.9 Å². The van der Waals surface area contributed by atoms with Crippen LogP contribution in [0.5, 0.6) is 5.88 Å². The van der Waals surface area contributed by atoms with Gasteiger partial charge in [0.05, 0.1) is 13.7 Å². The van der Waals surface area contributed by atoms with E-state index in [2.05, 4.69) is 23.3 Å². The molecule has 1 fully saturated rings. The second kappa shape index (κ2) is 7.50. The van der Waals surface area contributed by atoms with Gasteiger partial charge in [-0.25, -0.2) is 9.37 Å². The van der Waals surface area contributed by atoms with Gasteiger partial charge >= 0.3 is 0 Å². The zero-order chi connectivity index (χ0) is 17.9. The summed E-state index contributed by atoms with van der Waals surface area (Å²) in [5.41, 5.74) is 4.18. The van der Waals surface area contributed by atoms with Gasteiger partial charge in [-0.2, -0.15) is 0 Å². The van der Waals surface area contributed by atoms with Gasteiger partial charge in [0, 0.05) is 36.4 Å². The Bertz CT molecular complexity index is 725. The molecule has 0 aliphatic carbocycles. The van der Waals surface area contributed by atoms with Gasteiger partial charge in [-0.1, -0.05) is 12.1 Å². The lowest BCUT2D eigenvalue weighted by Crippen LogP contribution is -2.38. The van der Waals surface area contributed by atoms with Crippen molar-refractivity contribution in [2.75, 3.05) is 26.9 Å². The monoisotopic (exact) mass is 344 g/mol. The van der Waals surface area contributed by atoms with Crippen LogP contribution in [0, 0.1) is 19.7 Å². The summed E-state index contributed by atoms with van der Waals surface area (Å²) in [6, 6.07) is 8.84. The van der Waals surface area contributed by atoms with Gasteiger partial charge in [0.15, 0.2) is 0 Å². The topological polar surface area (TPSA) is 43.4 Å². The summed E-state index contributed by atoms with van der Waals surface area (Å²) >= 11 is 0. The van der Waals surface area contributed by atoms with Crippen LogP contribution in [0.3, 0.4) is 0 Å². The van der Waals surface area contributed by atoms with E-state index < -0.39 is 0 Å². The Morgan fingerprint density at radius 1 is 1.28 bits per heavy atom. The van der Waals surface area contributed by atoms with Crippen molar-refractivity contribution in [2.45, 2.75) is 32.2 Å². The minimum absolute atomic E-state index is 0.118. The maximum absolute atomic E-state index is 13.3. The zero-order valence-electron chi connectivity index (χ0n) is 15.1. The molecule has 1 aliphatic rings. The molecule has 25 heavy (non-hydrogen) atoms. The molecule has 1 aromatic heterocycles. The molecule has 1 aromatic carbocycles. The van der Waals surface area contributed by atoms with Crippen LogP contribution in [0.15, 0.2) is 30.3 Å². The molecular formula is C20H25FN2O2. The predicted molar refractivity (Wildman–Crippen MR) is 95.5 cm³/mol. The van der Waals surface area contributed by atoms with Crippen LogP contribution in [0.25, 0.3) is 0 Å². The Balaban J connectivity index is 1.74. The fraction of sp³-hybridized carbons (Fsp3) is 0.450. The van der Waals surface area contributed by atoms with Gasteiger partial charge in [0.25, 0.3) is 0 Å². The second-order valence-electron chi connectivity index (χ2n) is 6.76. The lowest BCUT2D eigenvalue weighted by Gasteiger charge is -2.29. The van der Waals surface area contributed by atoms with Crippen LogP contribution < -0.4 is 10.1 Å². The summed E-state index contributed by atoms with van der Waals surface area (Å²) < 4.78 is 24.4. The molecule has 1 atom stereocenters. The van der Waals surface area contributed by atoms with E-state index in [9.17, 15) is 4.39 Å². The first-order valence-electron chi connectivity index (χ1n) is 8.60. The van der Waals surface area contributed by atoms with Gasteiger partial charge in [-0.15, -0.1) is 0 Å². The number of hydrogen-bond acceptors (Lipinski definition) is 4. The van der Waals surface area contributed by atoms with Gasteiger partial charge in [-0.3, -0.25) is 0 Å². The highest BCUT2D eigenvalue weighted by Gasteiger charge is 2.36. The molecule has 2 heterocycles. The number of hydrogen-bond donors (Lipinski definition) is 1. The maximum atomic E-state index is 13.3. The molecule has 0 bridgehead atoms. The first kappa shape index (κ1) is 17.8. The summed E-state index contributed by atoms with van der Waals surface area (Å²) in [5.74, 6) is 0.459. The summed E-state index contributed by atoms with van der Waals surface area (Å²) in [5, 5.41) is 3.54. The van der Waals surface area contributed by atoms with E-state index >= 15 is 0 Å². The molecule has 3 rings (SSSR count). The smallest absolute Gasteiger partial charge is 0.218 e. The molecular weight excluding hydrogens is 319 g/mol. The third-order valence-corrected chi connectivity index (χ3v) is 4.96. The number of aryl methyl sites for hydroxylation is 2.